The number of nitrogens with one attached hydrogen (secondary N) is 1. The fourth-order valence-electron chi connectivity index (χ4n) is 1.45. The van der Waals surface area contributed by atoms with Gasteiger partial charge in [0.15, 0.2) is 0 Å². The number of halogens is 1. The fraction of sp³-hybridized carbons (Fsp3) is 0.250. The Morgan fingerprint density at radius 1 is 1.50 bits per heavy atom. The first-order chi connectivity index (χ1) is 9.35. The van der Waals surface area contributed by atoms with Gasteiger partial charge < -0.3 is 9.47 Å². The molecule has 0 aliphatic rings. The third kappa shape index (κ3) is 5.50. The standard InChI is InChI=1S/C12H14ClNO5S/c1-3-5-9-8-10(18-4-2)6-7-11(9)19-12(15)14-20(13,16)17/h3,6-8H,1,4-5H2,2H3,(H,14,15). The molecule has 0 heterocycles. The van der Waals surface area contributed by atoms with Crippen LogP contribution in [0.3, 0.4) is 0 Å². The molecule has 0 saturated heterocycles. The van der Waals surface area contributed by atoms with Crippen LogP contribution in [0.4, 0.5) is 4.79 Å². The molecule has 0 radical (unpaired) electrons. The maximum absolute atomic E-state index is 11.3. The molecule has 0 aliphatic heterocycles. The average Bonchev–Trinajstić information content (AvgIpc) is 2.31. The van der Waals surface area contributed by atoms with Crippen LogP contribution in [0, 0.1) is 0 Å². The number of allylic oxidation sites excluding steroid dienone is 1. The molecule has 0 fully saturated rings. The first-order valence-electron chi connectivity index (χ1n) is 5.66. The van der Waals surface area contributed by atoms with Crippen LogP contribution in [-0.4, -0.2) is 21.1 Å². The molecule has 1 N–H and O–H groups in total. The van der Waals surface area contributed by atoms with E-state index in [1.807, 2.05) is 6.92 Å². The minimum absolute atomic E-state index is 0.200. The third-order valence-corrected chi connectivity index (χ3v) is 2.76. The molecule has 6 nitrogen and oxygen atoms in total. The largest absolute Gasteiger partial charge is 0.494 e. The highest BCUT2D eigenvalue weighted by molar-refractivity contribution is 8.12. The quantitative estimate of drug-likeness (QED) is 0.643. The fourth-order valence-corrected chi connectivity index (χ4v) is 1.88. The van der Waals surface area contributed by atoms with Crippen molar-refractivity contribution in [2.45, 2.75) is 13.3 Å². The van der Waals surface area contributed by atoms with E-state index in [9.17, 15) is 13.2 Å². The number of rotatable bonds is 6. The third-order valence-electron chi connectivity index (χ3n) is 2.12. The lowest BCUT2D eigenvalue weighted by Gasteiger charge is -2.11. The smallest absolute Gasteiger partial charge is 0.427 e. The van der Waals surface area contributed by atoms with Crippen molar-refractivity contribution in [1.82, 2.24) is 4.72 Å². The van der Waals surface area contributed by atoms with Crippen LogP contribution in [0.5, 0.6) is 11.5 Å². The van der Waals surface area contributed by atoms with E-state index in [0.29, 0.717) is 24.3 Å². The van der Waals surface area contributed by atoms with E-state index in [1.165, 1.54) is 10.8 Å². The average molecular weight is 320 g/mol. The summed E-state index contributed by atoms with van der Waals surface area (Å²) in [5, 5.41) is 0. The van der Waals surface area contributed by atoms with Gasteiger partial charge in [0, 0.05) is 16.2 Å². The van der Waals surface area contributed by atoms with Crippen LogP contribution in [0.15, 0.2) is 30.9 Å². The van der Waals surface area contributed by atoms with Gasteiger partial charge in [-0.05, 0) is 31.5 Å². The second kappa shape index (κ2) is 7.16. The summed E-state index contributed by atoms with van der Waals surface area (Å²) in [4.78, 5) is 11.3. The summed E-state index contributed by atoms with van der Waals surface area (Å²) in [6, 6.07) is 4.79. The summed E-state index contributed by atoms with van der Waals surface area (Å²) in [6.07, 6.45) is 0.861. The van der Waals surface area contributed by atoms with Gasteiger partial charge in [-0.25, -0.2) is 9.52 Å². The van der Waals surface area contributed by atoms with Crippen molar-refractivity contribution in [3.63, 3.8) is 0 Å². The summed E-state index contributed by atoms with van der Waals surface area (Å²) in [6.45, 7) is 5.94. The molecule has 8 heteroatoms. The molecule has 0 unspecified atom stereocenters. The molecule has 0 aromatic heterocycles. The lowest BCUT2D eigenvalue weighted by Crippen LogP contribution is -2.29. The SMILES string of the molecule is C=CCc1cc(OCC)ccc1OC(=O)NS(=O)(=O)Cl. The van der Waals surface area contributed by atoms with Crippen LogP contribution in [-0.2, 0) is 15.7 Å². The minimum atomic E-state index is -4.18. The van der Waals surface area contributed by atoms with Gasteiger partial charge in [-0.2, -0.15) is 8.42 Å². The van der Waals surface area contributed by atoms with Crippen LogP contribution < -0.4 is 14.2 Å². The Labute approximate surface area is 121 Å². The van der Waals surface area contributed by atoms with Crippen molar-refractivity contribution < 1.29 is 22.7 Å². The van der Waals surface area contributed by atoms with Crippen molar-refractivity contribution in [3.8, 4) is 11.5 Å². The Kier molecular flexibility index (Phi) is 5.84. The Morgan fingerprint density at radius 3 is 2.75 bits per heavy atom. The molecular formula is C12H14ClNO5S. The highest BCUT2D eigenvalue weighted by Crippen LogP contribution is 2.25. The van der Waals surface area contributed by atoms with Gasteiger partial charge in [-0.15, -0.1) is 6.58 Å². The van der Waals surface area contributed by atoms with Gasteiger partial charge in [-0.1, -0.05) is 6.08 Å². The Morgan fingerprint density at radius 2 is 2.20 bits per heavy atom. The predicted molar refractivity (Wildman–Crippen MR) is 75.4 cm³/mol. The maximum atomic E-state index is 11.3. The normalized spacial score (nSPS) is 10.7. The minimum Gasteiger partial charge on any atom is -0.494 e. The van der Waals surface area contributed by atoms with Crippen molar-refractivity contribution in [3.05, 3.63) is 36.4 Å². The molecule has 0 spiro atoms. The lowest BCUT2D eigenvalue weighted by molar-refractivity contribution is 0.206. The van der Waals surface area contributed by atoms with Crippen molar-refractivity contribution in [1.29, 1.82) is 0 Å². The zero-order valence-corrected chi connectivity index (χ0v) is 12.3. The second-order valence-electron chi connectivity index (χ2n) is 3.62. The van der Waals surface area contributed by atoms with E-state index < -0.39 is 15.3 Å². The van der Waals surface area contributed by atoms with Crippen LogP contribution >= 0.6 is 10.7 Å². The Balaban J connectivity index is 2.93. The second-order valence-corrected chi connectivity index (χ2v) is 5.92. The van der Waals surface area contributed by atoms with Crippen molar-refractivity contribution in [2.75, 3.05) is 6.61 Å². The van der Waals surface area contributed by atoms with Gasteiger partial charge in [0.2, 0.25) is 0 Å². The van der Waals surface area contributed by atoms with Gasteiger partial charge in [0.25, 0.3) is 0 Å². The summed E-state index contributed by atoms with van der Waals surface area (Å²) in [7, 11) is 0.703. The monoisotopic (exact) mass is 319 g/mol. The molecule has 110 valence electrons. The number of amides is 1. The number of ether oxygens (including phenoxy) is 2. The van der Waals surface area contributed by atoms with E-state index in [4.69, 9.17) is 20.2 Å². The Bertz CT molecular complexity index is 600. The molecular weight excluding hydrogens is 306 g/mol. The van der Waals surface area contributed by atoms with Gasteiger partial charge in [-0.3, -0.25) is 0 Å². The number of benzene rings is 1. The topological polar surface area (TPSA) is 81.7 Å². The van der Waals surface area contributed by atoms with Gasteiger partial charge >= 0.3 is 15.3 Å². The molecule has 0 aliphatic carbocycles. The van der Waals surface area contributed by atoms with Gasteiger partial charge in [0.05, 0.1) is 6.61 Å². The predicted octanol–water partition coefficient (Wildman–Crippen LogP) is 2.39. The lowest BCUT2D eigenvalue weighted by atomic mass is 10.1. The maximum Gasteiger partial charge on any atom is 0.427 e. The first-order valence-corrected chi connectivity index (χ1v) is 7.97. The van der Waals surface area contributed by atoms with Crippen LogP contribution in [0.1, 0.15) is 12.5 Å². The highest BCUT2D eigenvalue weighted by atomic mass is 35.7. The molecule has 0 saturated carbocycles. The zero-order valence-electron chi connectivity index (χ0n) is 10.8. The number of hydrogen-bond donors (Lipinski definition) is 1. The number of carbonyl (C=O) groups is 1. The molecule has 1 amide bonds. The first kappa shape index (κ1) is 16.3. The van der Waals surface area contributed by atoms with Crippen molar-refractivity contribution >= 4 is 26.0 Å². The van der Waals surface area contributed by atoms with Crippen LogP contribution in [0.25, 0.3) is 0 Å². The van der Waals surface area contributed by atoms with E-state index >= 15 is 0 Å². The summed E-state index contributed by atoms with van der Waals surface area (Å²) in [5.74, 6) is 0.813. The molecule has 20 heavy (non-hydrogen) atoms. The van der Waals surface area contributed by atoms with E-state index in [2.05, 4.69) is 6.58 Å². The summed E-state index contributed by atoms with van der Waals surface area (Å²) in [5.41, 5.74) is 0.632. The van der Waals surface area contributed by atoms with E-state index in [-0.39, 0.29) is 5.75 Å². The summed E-state index contributed by atoms with van der Waals surface area (Å²) >= 11 is 0. The zero-order chi connectivity index (χ0) is 15.2. The van der Waals surface area contributed by atoms with E-state index in [1.54, 1.807) is 18.2 Å². The number of hydrogen-bond acceptors (Lipinski definition) is 5. The molecule has 1 rings (SSSR count). The molecule has 0 atom stereocenters. The summed E-state index contributed by atoms with van der Waals surface area (Å²) < 4.78 is 33.1. The van der Waals surface area contributed by atoms with E-state index in [0.717, 1.165) is 0 Å². The molecule has 1 aromatic rings. The van der Waals surface area contributed by atoms with Crippen molar-refractivity contribution in [2.24, 2.45) is 0 Å². The molecule has 0 bridgehead atoms. The number of carbonyl (C=O) groups excluding carboxylic acids is 1. The molecule has 1 aromatic carbocycles. The Hall–Kier alpha value is -1.73. The van der Waals surface area contributed by atoms with Crippen LogP contribution in [0.2, 0.25) is 0 Å². The highest BCUT2D eigenvalue weighted by Gasteiger charge is 2.14. The van der Waals surface area contributed by atoms with Gasteiger partial charge in [0.1, 0.15) is 11.5 Å².